The molecule has 0 saturated carbocycles. The van der Waals surface area contributed by atoms with Crippen molar-refractivity contribution in [1.82, 2.24) is 9.78 Å². The second-order valence-electron chi connectivity index (χ2n) is 3.03. The van der Waals surface area contributed by atoms with Gasteiger partial charge in [0, 0.05) is 12.4 Å². The van der Waals surface area contributed by atoms with Gasteiger partial charge in [-0.25, -0.2) is 0 Å². The summed E-state index contributed by atoms with van der Waals surface area (Å²) in [6.45, 7) is 2.05. The van der Waals surface area contributed by atoms with E-state index in [1.54, 1.807) is 4.68 Å². The molecule has 3 heteroatoms. The van der Waals surface area contributed by atoms with Crippen LogP contribution in [0.25, 0.3) is 10.9 Å². The molecule has 1 aromatic heterocycles. The van der Waals surface area contributed by atoms with Gasteiger partial charge >= 0.3 is 0 Å². The van der Waals surface area contributed by atoms with Gasteiger partial charge in [0.2, 0.25) is 0 Å². The molecule has 12 heavy (non-hydrogen) atoms. The molecule has 0 aliphatic heterocycles. The van der Waals surface area contributed by atoms with Crippen LogP contribution >= 0.6 is 0 Å². The predicted molar refractivity (Wildman–Crippen MR) is 49.9 cm³/mol. The zero-order valence-corrected chi connectivity index (χ0v) is 7.20. The summed E-state index contributed by atoms with van der Waals surface area (Å²) in [6, 6.07) is 6.08. The van der Waals surface area contributed by atoms with E-state index in [4.69, 9.17) is 5.73 Å². The number of aryl methyl sites for hydroxylation is 2. The molecule has 2 aromatic rings. The molecule has 0 atom stereocenters. The zero-order chi connectivity index (χ0) is 8.72. The van der Waals surface area contributed by atoms with Crippen molar-refractivity contribution in [2.75, 3.05) is 5.73 Å². The summed E-state index contributed by atoms with van der Waals surface area (Å²) in [7, 11) is 1.85. The van der Waals surface area contributed by atoms with E-state index in [1.165, 1.54) is 5.56 Å². The molecule has 0 amide bonds. The van der Waals surface area contributed by atoms with Crippen molar-refractivity contribution in [2.24, 2.45) is 7.05 Å². The average molecular weight is 161 g/mol. The summed E-state index contributed by atoms with van der Waals surface area (Å²) in [6.07, 6.45) is 0. The van der Waals surface area contributed by atoms with E-state index in [-0.39, 0.29) is 0 Å². The standard InChI is InChI=1S/C9H11N3/c1-6-3-4-7-8(5-6)11-12(2)9(7)10/h3-5H,10H2,1-2H3. The normalized spacial score (nSPS) is 10.8. The lowest BCUT2D eigenvalue weighted by molar-refractivity contribution is 0.791. The van der Waals surface area contributed by atoms with E-state index < -0.39 is 0 Å². The van der Waals surface area contributed by atoms with Crippen LogP contribution in [0.15, 0.2) is 18.2 Å². The topological polar surface area (TPSA) is 43.8 Å². The van der Waals surface area contributed by atoms with E-state index in [0.717, 1.165) is 16.7 Å². The molecule has 0 fully saturated rings. The molecule has 0 bridgehead atoms. The Morgan fingerprint density at radius 2 is 2.17 bits per heavy atom. The van der Waals surface area contributed by atoms with Gasteiger partial charge in [-0.3, -0.25) is 4.68 Å². The number of aromatic nitrogens is 2. The van der Waals surface area contributed by atoms with Crippen molar-refractivity contribution in [3.63, 3.8) is 0 Å². The van der Waals surface area contributed by atoms with Gasteiger partial charge in [-0.05, 0) is 24.6 Å². The summed E-state index contributed by atoms with van der Waals surface area (Å²) in [4.78, 5) is 0. The minimum absolute atomic E-state index is 0.727. The maximum atomic E-state index is 5.79. The smallest absolute Gasteiger partial charge is 0.129 e. The number of nitrogens with two attached hydrogens (primary N) is 1. The second-order valence-corrected chi connectivity index (χ2v) is 3.03. The van der Waals surface area contributed by atoms with Crippen molar-refractivity contribution in [1.29, 1.82) is 0 Å². The summed E-state index contributed by atoms with van der Waals surface area (Å²) in [5.41, 5.74) is 7.97. The van der Waals surface area contributed by atoms with Gasteiger partial charge in [0.15, 0.2) is 0 Å². The zero-order valence-electron chi connectivity index (χ0n) is 7.20. The highest BCUT2D eigenvalue weighted by atomic mass is 15.3. The Morgan fingerprint density at radius 3 is 2.92 bits per heavy atom. The van der Waals surface area contributed by atoms with Crippen molar-refractivity contribution < 1.29 is 0 Å². The van der Waals surface area contributed by atoms with Crippen LogP contribution in [-0.4, -0.2) is 9.78 Å². The highest BCUT2D eigenvalue weighted by molar-refractivity contribution is 5.89. The van der Waals surface area contributed by atoms with Crippen molar-refractivity contribution >= 4 is 16.7 Å². The van der Waals surface area contributed by atoms with Crippen LogP contribution in [0, 0.1) is 6.92 Å². The predicted octanol–water partition coefficient (Wildman–Crippen LogP) is 1.46. The largest absolute Gasteiger partial charge is 0.383 e. The SMILES string of the molecule is Cc1ccc2c(N)n(C)nc2c1. The number of anilines is 1. The van der Waals surface area contributed by atoms with E-state index >= 15 is 0 Å². The first-order valence-corrected chi connectivity index (χ1v) is 3.87. The Bertz CT molecular complexity index is 429. The summed E-state index contributed by atoms with van der Waals surface area (Å²) in [5, 5.41) is 5.30. The van der Waals surface area contributed by atoms with Gasteiger partial charge in [-0.15, -0.1) is 0 Å². The van der Waals surface area contributed by atoms with Crippen molar-refractivity contribution in [2.45, 2.75) is 6.92 Å². The van der Waals surface area contributed by atoms with Crippen molar-refractivity contribution in [3.05, 3.63) is 23.8 Å². The van der Waals surface area contributed by atoms with Crippen LogP contribution in [0.3, 0.4) is 0 Å². The first-order chi connectivity index (χ1) is 5.68. The van der Waals surface area contributed by atoms with Gasteiger partial charge in [-0.1, -0.05) is 6.07 Å². The molecule has 2 rings (SSSR count). The number of hydrogen-bond donors (Lipinski definition) is 1. The summed E-state index contributed by atoms with van der Waals surface area (Å²) >= 11 is 0. The van der Waals surface area contributed by atoms with E-state index in [1.807, 2.05) is 32.2 Å². The van der Waals surface area contributed by atoms with Crippen LogP contribution in [-0.2, 0) is 7.05 Å². The number of benzene rings is 1. The molecule has 2 N–H and O–H groups in total. The first kappa shape index (κ1) is 7.16. The quantitative estimate of drug-likeness (QED) is 0.635. The van der Waals surface area contributed by atoms with Crippen molar-refractivity contribution in [3.8, 4) is 0 Å². The Balaban J connectivity index is 2.87. The van der Waals surface area contributed by atoms with Crippen LogP contribution in [0.5, 0.6) is 0 Å². The Morgan fingerprint density at radius 1 is 1.42 bits per heavy atom. The van der Waals surface area contributed by atoms with Crippen LogP contribution in [0.1, 0.15) is 5.56 Å². The van der Waals surface area contributed by atoms with Gasteiger partial charge in [0.05, 0.1) is 5.52 Å². The third-order valence-corrected chi connectivity index (χ3v) is 2.04. The number of rotatable bonds is 0. The number of nitrogens with zero attached hydrogens (tertiary/aromatic N) is 2. The monoisotopic (exact) mass is 161 g/mol. The maximum Gasteiger partial charge on any atom is 0.129 e. The van der Waals surface area contributed by atoms with Crippen LogP contribution in [0.4, 0.5) is 5.82 Å². The van der Waals surface area contributed by atoms with Gasteiger partial charge in [0.25, 0.3) is 0 Å². The molecule has 0 radical (unpaired) electrons. The number of nitrogen functional groups attached to an aromatic ring is 1. The minimum Gasteiger partial charge on any atom is -0.383 e. The maximum absolute atomic E-state index is 5.79. The second kappa shape index (κ2) is 2.24. The van der Waals surface area contributed by atoms with E-state index in [2.05, 4.69) is 5.10 Å². The number of hydrogen-bond acceptors (Lipinski definition) is 2. The van der Waals surface area contributed by atoms with E-state index in [0.29, 0.717) is 0 Å². The summed E-state index contributed by atoms with van der Waals surface area (Å²) < 4.78 is 1.70. The summed E-state index contributed by atoms with van der Waals surface area (Å²) in [5.74, 6) is 0.727. The Hall–Kier alpha value is -1.51. The molecule has 0 unspecified atom stereocenters. The molecule has 1 aromatic carbocycles. The highest BCUT2D eigenvalue weighted by Crippen LogP contribution is 2.20. The van der Waals surface area contributed by atoms with Gasteiger partial charge < -0.3 is 5.73 Å². The van der Waals surface area contributed by atoms with Gasteiger partial charge in [-0.2, -0.15) is 5.10 Å². The third kappa shape index (κ3) is 0.863. The molecule has 3 nitrogen and oxygen atoms in total. The first-order valence-electron chi connectivity index (χ1n) is 3.87. The lowest BCUT2D eigenvalue weighted by Gasteiger charge is -1.92. The fourth-order valence-corrected chi connectivity index (χ4v) is 1.33. The molecular weight excluding hydrogens is 150 g/mol. The molecule has 0 aliphatic carbocycles. The minimum atomic E-state index is 0.727. The number of fused-ring (bicyclic) bond motifs is 1. The molecule has 62 valence electrons. The van der Waals surface area contributed by atoms with Gasteiger partial charge in [0.1, 0.15) is 5.82 Å². The molecule has 0 spiro atoms. The highest BCUT2D eigenvalue weighted by Gasteiger charge is 2.03. The molecule has 0 saturated heterocycles. The lowest BCUT2D eigenvalue weighted by atomic mass is 10.2. The average Bonchev–Trinajstić information content (AvgIpc) is 2.28. The lowest BCUT2D eigenvalue weighted by Crippen LogP contribution is -1.96. The fraction of sp³-hybridized carbons (Fsp3) is 0.222. The molecular formula is C9H11N3. The molecule has 0 aliphatic rings. The van der Waals surface area contributed by atoms with Crippen LogP contribution < -0.4 is 5.73 Å². The molecule has 1 heterocycles. The Labute approximate surface area is 70.8 Å². The third-order valence-electron chi connectivity index (χ3n) is 2.04. The van der Waals surface area contributed by atoms with E-state index in [9.17, 15) is 0 Å². The van der Waals surface area contributed by atoms with Crippen LogP contribution in [0.2, 0.25) is 0 Å². The fourth-order valence-electron chi connectivity index (χ4n) is 1.33. The Kier molecular flexibility index (Phi) is 1.33.